The van der Waals surface area contributed by atoms with Crippen LogP contribution in [0, 0.1) is 12.7 Å². The van der Waals surface area contributed by atoms with E-state index in [1.807, 2.05) is 24.3 Å². The maximum absolute atomic E-state index is 14.1. The molecule has 0 aliphatic carbocycles. The zero-order valence-corrected chi connectivity index (χ0v) is 21.3. The van der Waals surface area contributed by atoms with E-state index in [0.29, 0.717) is 5.92 Å². The number of piperazine rings is 1. The quantitative estimate of drug-likeness (QED) is 0.347. The van der Waals surface area contributed by atoms with Gasteiger partial charge in [-0.15, -0.1) is 0 Å². The number of ether oxygens (including phenoxy) is 2. The molecular weight excluding hydrogens is 439 g/mol. The van der Waals surface area contributed by atoms with Crippen molar-refractivity contribution in [3.8, 4) is 11.5 Å². The van der Waals surface area contributed by atoms with Crippen molar-refractivity contribution in [2.45, 2.75) is 39.2 Å². The second-order valence-corrected chi connectivity index (χ2v) is 9.62. The van der Waals surface area contributed by atoms with Crippen molar-refractivity contribution in [3.63, 3.8) is 0 Å². The summed E-state index contributed by atoms with van der Waals surface area (Å²) in [6, 6.07) is 21.3. The average molecular weight is 477 g/mol. The lowest BCUT2D eigenvalue weighted by Gasteiger charge is -2.37. The standard InChI is InChI=1S/C30H37FN2O2/c1-22(2)27-13-12-26(20-23(27)3)35-29(24-8-7-9-25(31)21-24)14-15-32-16-18-33(19-17-32)28-10-5-6-11-30(28)34-4/h5-13,20-22,29H,14-19H2,1-4H3/t29-/m1/s1. The van der Waals surface area contributed by atoms with Crippen LogP contribution in [0.15, 0.2) is 66.7 Å². The second kappa shape index (κ2) is 11.6. The lowest BCUT2D eigenvalue weighted by molar-refractivity contribution is 0.159. The first-order valence-electron chi connectivity index (χ1n) is 12.6. The first kappa shape index (κ1) is 25.1. The third-order valence-corrected chi connectivity index (χ3v) is 6.87. The number of aryl methyl sites for hydroxylation is 1. The van der Waals surface area contributed by atoms with Crippen LogP contribution in [0.2, 0.25) is 0 Å². The Balaban J connectivity index is 1.41. The van der Waals surface area contributed by atoms with Gasteiger partial charge in [-0.05, 0) is 65.9 Å². The van der Waals surface area contributed by atoms with Crippen LogP contribution >= 0.6 is 0 Å². The number of para-hydroxylation sites is 2. The Morgan fingerprint density at radius 1 is 0.914 bits per heavy atom. The van der Waals surface area contributed by atoms with Gasteiger partial charge in [0.1, 0.15) is 23.4 Å². The smallest absolute Gasteiger partial charge is 0.142 e. The van der Waals surface area contributed by atoms with E-state index in [-0.39, 0.29) is 11.9 Å². The summed E-state index contributed by atoms with van der Waals surface area (Å²) in [4.78, 5) is 4.85. The largest absolute Gasteiger partial charge is 0.495 e. The van der Waals surface area contributed by atoms with Crippen molar-refractivity contribution in [2.75, 3.05) is 44.7 Å². The van der Waals surface area contributed by atoms with Gasteiger partial charge in [-0.25, -0.2) is 4.39 Å². The summed E-state index contributed by atoms with van der Waals surface area (Å²) >= 11 is 0. The molecule has 1 fully saturated rings. The molecule has 3 aromatic carbocycles. The number of rotatable bonds is 9. The number of nitrogens with zero attached hydrogens (tertiary/aromatic N) is 2. The van der Waals surface area contributed by atoms with E-state index < -0.39 is 0 Å². The van der Waals surface area contributed by atoms with Gasteiger partial charge in [-0.3, -0.25) is 4.90 Å². The van der Waals surface area contributed by atoms with Gasteiger partial charge in [0.05, 0.1) is 12.8 Å². The van der Waals surface area contributed by atoms with Crippen molar-refractivity contribution in [1.29, 1.82) is 0 Å². The molecule has 0 amide bonds. The molecule has 1 heterocycles. The van der Waals surface area contributed by atoms with Gasteiger partial charge in [0, 0.05) is 39.1 Å². The lowest BCUT2D eigenvalue weighted by Crippen LogP contribution is -2.47. The highest BCUT2D eigenvalue weighted by molar-refractivity contribution is 5.58. The summed E-state index contributed by atoms with van der Waals surface area (Å²) in [7, 11) is 1.72. The topological polar surface area (TPSA) is 24.9 Å². The third-order valence-electron chi connectivity index (χ3n) is 6.87. The molecule has 0 unspecified atom stereocenters. The molecule has 0 spiro atoms. The van der Waals surface area contributed by atoms with Crippen LogP contribution in [0.1, 0.15) is 49.0 Å². The summed E-state index contributed by atoms with van der Waals surface area (Å²) in [6.07, 6.45) is 0.588. The lowest BCUT2D eigenvalue weighted by atomic mass is 9.98. The van der Waals surface area contributed by atoms with Gasteiger partial charge in [0.25, 0.3) is 0 Å². The monoisotopic (exact) mass is 476 g/mol. The Labute approximate surface area is 209 Å². The van der Waals surface area contributed by atoms with E-state index in [0.717, 1.165) is 61.9 Å². The zero-order chi connectivity index (χ0) is 24.8. The fraction of sp³-hybridized carbons (Fsp3) is 0.400. The molecule has 1 atom stereocenters. The number of halogens is 1. The van der Waals surface area contributed by atoms with Crippen LogP contribution in [-0.4, -0.2) is 44.7 Å². The minimum absolute atomic E-state index is 0.206. The van der Waals surface area contributed by atoms with Crippen LogP contribution in [0.5, 0.6) is 11.5 Å². The van der Waals surface area contributed by atoms with Crippen LogP contribution < -0.4 is 14.4 Å². The molecule has 1 aliphatic heterocycles. The molecule has 4 rings (SSSR count). The summed E-state index contributed by atoms with van der Waals surface area (Å²) in [5.41, 5.74) is 4.58. The molecule has 1 aliphatic rings. The normalized spacial score (nSPS) is 15.3. The van der Waals surface area contributed by atoms with Gasteiger partial charge in [-0.2, -0.15) is 0 Å². The van der Waals surface area contributed by atoms with E-state index in [4.69, 9.17) is 9.47 Å². The molecule has 4 nitrogen and oxygen atoms in total. The van der Waals surface area contributed by atoms with Crippen molar-refractivity contribution in [2.24, 2.45) is 0 Å². The molecule has 0 aromatic heterocycles. The maximum Gasteiger partial charge on any atom is 0.142 e. The van der Waals surface area contributed by atoms with E-state index in [2.05, 4.69) is 54.8 Å². The maximum atomic E-state index is 14.1. The Bertz CT molecular complexity index is 1110. The Morgan fingerprint density at radius 2 is 1.69 bits per heavy atom. The molecule has 3 aromatic rings. The SMILES string of the molecule is COc1ccccc1N1CCN(CC[C@@H](Oc2ccc(C(C)C)c(C)c2)c2cccc(F)c2)CC1. The Hall–Kier alpha value is -3.05. The van der Waals surface area contributed by atoms with Gasteiger partial charge in [-0.1, -0.05) is 44.2 Å². The summed E-state index contributed by atoms with van der Waals surface area (Å²) < 4.78 is 26.1. The molecule has 5 heteroatoms. The van der Waals surface area contributed by atoms with Gasteiger partial charge in [0.2, 0.25) is 0 Å². The van der Waals surface area contributed by atoms with Crippen molar-refractivity contribution >= 4 is 5.69 Å². The zero-order valence-electron chi connectivity index (χ0n) is 21.3. The first-order chi connectivity index (χ1) is 16.9. The fourth-order valence-electron chi connectivity index (χ4n) is 4.94. The predicted molar refractivity (Wildman–Crippen MR) is 141 cm³/mol. The molecule has 0 saturated carbocycles. The summed E-state index contributed by atoms with van der Waals surface area (Å²) in [5, 5.41) is 0. The van der Waals surface area contributed by atoms with Gasteiger partial charge < -0.3 is 14.4 Å². The van der Waals surface area contributed by atoms with E-state index in [1.54, 1.807) is 19.2 Å². The second-order valence-electron chi connectivity index (χ2n) is 9.62. The van der Waals surface area contributed by atoms with Crippen molar-refractivity contribution in [3.05, 3.63) is 89.2 Å². The summed E-state index contributed by atoms with van der Waals surface area (Å²) in [6.45, 7) is 11.2. The van der Waals surface area contributed by atoms with Crippen LogP contribution in [0.4, 0.5) is 10.1 Å². The molecule has 0 radical (unpaired) electrons. The summed E-state index contributed by atoms with van der Waals surface area (Å²) in [5.74, 6) is 1.99. The molecule has 35 heavy (non-hydrogen) atoms. The third kappa shape index (κ3) is 6.34. The molecule has 186 valence electrons. The van der Waals surface area contributed by atoms with Crippen LogP contribution in [0.25, 0.3) is 0 Å². The highest BCUT2D eigenvalue weighted by Crippen LogP contribution is 2.31. The van der Waals surface area contributed by atoms with Gasteiger partial charge in [0.15, 0.2) is 0 Å². The van der Waals surface area contributed by atoms with Crippen LogP contribution in [0.3, 0.4) is 0 Å². The molecule has 1 saturated heterocycles. The highest BCUT2D eigenvalue weighted by atomic mass is 19.1. The molecule has 0 bridgehead atoms. The first-order valence-corrected chi connectivity index (χ1v) is 12.6. The van der Waals surface area contributed by atoms with E-state index >= 15 is 0 Å². The Kier molecular flexibility index (Phi) is 8.29. The van der Waals surface area contributed by atoms with E-state index in [9.17, 15) is 4.39 Å². The average Bonchev–Trinajstić information content (AvgIpc) is 2.86. The molecular formula is C30H37FN2O2. The predicted octanol–water partition coefficient (Wildman–Crippen LogP) is 6.60. The number of methoxy groups -OCH3 is 1. The number of anilines is 1. The van der Waals surface area contributed by atoms with Gasteiger partial charge >= 0.3 is 0 Å². The minimum Gasteiger partial charge on any atom is -0.495 e. The number of hydrogen-bond donors (Lipinski definition) is 0. The van der Waals surface area contributed by atoms with E-state index in [1.165, 1.54) is 17.2 Å². The van der Waals surface area contributed by atoms with Crippen molar-refractivity contribution in [1.82, 2.24) is 4.90 Å². The number of hydrogen-bond acceptors (Lipinski definition) is 4. The Morgan fingerprint density at radius 3 is 2.37 bits per heavy atom. The van der Waals surface area contributed by atoms with Crippen molar-refractivity contribution < 1.29 is 13.9 Å². The fourth-order valence-corrected chi connectivity index (χ4v) is 4.94. The molecule has 0 N–H and O–H groups in total. The minimum atomic E-state index is -0.229. The number of benzene rings is 3. The highest BCUT2D eigenvalue weighted by Gasteiger charge is 2.22. The van der Waals surface area contributed by atoms with Crippen LogP contribution in [-0.2, 0) is 0 Å².